The lowest BCUT2D eigenvalue weighted by atomic mass is 9.95. The van der Waals surface area contributed by atoms with Gasteiger partial charge in [0.25, 0.3) is 0 Å². The van der Waals surface area contributed by atoms with E-state index in [1.54, 1.807) is 6.20 Å². The zero-order valence-electron chi connectivity index (χ0n) is 32.8. The molecular weight excluding hydrogens is 649 g/mol. The zero-order chi connectivity index (χ0) is 37.9. The van der Waals surface area contributed by atoms with Gasteiger partial charge < -0.3 is 4.42 Å². The van der Waals surface area contributed by atoms with Crippen LogP contribution in [0.15, 0.2) is 52.7 Å². The van der Waals surface area contributed by atoms with Gasteiger partial charge in [0.05, 0.1) is 17.6 Å². The Morgan fingerprint density at radius 1 is 0.481 bits per heavy atom. The van der Waals surface area contributed by atoms with Gasteiger partial charge >= 0.3 is 0 Å². The lowest BCUT2D eigenvalue weighted by molar-refractivity contribution is 0.543. The first-order valence-electron chi connectivity index (χ1n) is 17.8. The number of hydrogen-bond acceptors (Lipinski definition) is 11. The van der Waals surface area contributed by atoms with Crippen molar-refractivity contribution in [2.24, 2.45) is 4.99 Å². The number of rotatable bonds is 0. The summed E-state index contributed by atoms with van der Waals surface area (Å²) in [4.78, 5) is 43.2. The summed E-state index contributed by atoms with van der Waals surface area (Å²) < 4.78 is 5.05. The predicted octanol–water partition coefficient (Wildman–Crippen LogP) is 8.63. The molecule has 3 aliphatic rings. The van der Waals surface area contributed by atoms with Crippen LogP contribution >= 0.6 is 0 Å². The highest BCUT2D eigenvalue weighted by atomic mass is 16.3. The molecule has 11 nitrogen and oxygen atoms in total. The molecule has 0 aromatic carbocycles. The lowest BCUT2D eigenvalue weighted by Gasteiger charge is -2.16. The van der Waals surface area contributed by atoms with Crippen molar-refractivity contribution in [2.45, 2.75) is 124 Å². The molecule has 272 valence electrons. The second kappa shape index (κ2) is 14.9. The van der Waals surface area contributed by atoms with E-state index < -0.39 is 0 Å². The molecule has 1 aliphatic heterocycles. The number of allylic oxidation sites excluding steroid dienone is 2. The summed E-state index contributed by atoms with van der Waals surface area (Å²) in [6, 6.07) is 0. The molecule has 0 unspecified atom stereocenters. The molecule has 0 N–H and O–H groups in total. The Morgan fingerprint density at radius 3 is 1.42 bits per heavy atom. The van der Waals surface area contributed by atoms with Crippen LogP contribution in [0.25, 0.3) is 23.4 Å². The lowest BCUT2D eigenvalue weighted by Crippen LogP contribution is -2.16. The molecule has 0 bridgehead atoms. The summed E-state index contributed by atoms with van der Waals surface area (Å²) in [6.45, 7) is 25.3. The van der Waals surface area contributed by atoms with Crippen LogP contribution in [0.2, 0.25) is 0 Å². The molecule has 0 saturated heterocycles. The van der Waals surface area contributed by atoms with Crippen molar-refractivity contribution in [1.82, 2.24) is 44.9 Å². The van der Waals surface area contributed by atoms with Crippen LogP contribution in [-0.2, 0) is 40.9 Å². The van der Waals surface area contributed by atoms with Crippen molar-refractivity contribution < 1.29 is 4.42 Å². The smallest absolute Gasteiger partial charge is 0.201 e. The second-order valence-electron chi connectivity index (χ2n) is 17.2. The zero-order valence-corrected chi connectivity index (χ0v) is 32.8. The van der Waals surface area contributed by atoms with Gasteiger partial charge in [-0.05, 0) is 36.1 Å². The van der Waals surface area contributed by atoms with Crippen LogP contribution in [0, 0.1) is 0 Å². The van der Waals surface area contributed by atoms with Crippen molar-refractivity contribution in [3.05, 3.63) is 94.7 Å². The number of hydrogen-bond donors (Lipinski definition) is 0. The third kappa shape index (κ3) is 9.63. The SMILES string of the molecule is CC(C)(C)c1ncc2c(n1)C=CC2.CC(C)(C)c1ncc2c(n1)C=CC2.CC(C)(C)c1ncc2c(n1)N=CC2.CC(C)(C)c1ncc2ocnc2n1. The van der Waals surface area contributed by atoms with Crippen molar-refractivity contribution in [2.75, 3.05) is 0 Å². The minimum atomic E-state index is -0.0485. The average Bonchev–Trinajstić information content (AvgIpc) is 3.89. The minimum absolute atomic E-state index is 0.00708. The van der Waals surface area contributed by atoms with Gasteiger partial charge in [-0.3, -0.25) is 0 Å². The van der Waals surface area contributed by atoms with E-state index in [0.29, 0.717) is 11.2 Å². The molecule has 52 heavy (non-hydrogen) atoms. The first-order chi connectivity index (χ1) is 24.3. The largest absolute Gasteiger partial charge is 0.440 e. The van der Waals surface area contributed by atoms with Crippen LogP contribution < -0.4 is 0 Å². The van der Waals surface area contributed by atoms with E-state index in [1.807, 2.05) is 24.8 Å². The van der Waals surface area contributed by atoms with Gasteiger partial charge in [-0.25, -0.2) is 44.9 Å². The van der Waals surface area contributed by atoms with Gasteiger partial charge in [-0.15, -0.1) is 0 Å². The molecule has 0 spiro atoms. The minimum Gasteiger partial charge on any atom is -0.440 e. The fourth-order valence-corrected chi connectivity index (χ4v) is 5.04. The van der Waals surface area contributed by atoms with Gasteiger partial charge in [-0.2, -0.15) is 4.98 Å². The summed E-state index contributed by atoms with van der Waals surface area (Å²) in [5.74, 6) is 4.36. The number of aromatic nitrogens is 9. The first-order valence-corrected chi connectivity index (χ1v) is 17.8. The number of oxazole rings is 1. The molecule has 0 saturated carbocycles. The van der Waals surface area contributed by atoms with E-state index in [0.717, 1.165) is 65.3 Å². The summed E-state index contributed by atoms with van der Waals surface area (Å²) in [5.41, 5.74) is 7.12. The highest BCUT2D eigenvalue weighted by molar-refractivity contribution is 5.73. The third-order valence-electron chi connectivity index (χ3n) is 8.16. The summed E-state index contributed by atoms with van der Waals surface area (Å²) in [5, 5.41) is 0. The van der Waals surface area contributed by atoms with Crippen LogP contribution in [-0.4, -0.2) is 51.1 Å². The Hall–Kier alpha value is -5.06. The Balaban J connectivity index is 0.000000134. The van der Waals surface area contributed by atoms with Gasteiger partial charge in [0, 0.05) is 58.4 Å². The van der Waals surface area contributed by atoms with Gasteiger partial charge in [0.15, 0.2) is 17.8 Å². The van der Waals surface area contributed by atoms with Crippen molar-refractivity contribution in [3.8, 4) is 0 Å². The highest BCUT2D eigenvalue weighted by Crippen LogP contribution is 2.26. The topological polar surface area (TPSA) is 142 Å². The van der Waals surface area contributed by atoms with E-state index in [9.17, 15) is 0 Å². The number of aliphatic imine (C=N–C) groups is 1. The van der Waals surface area contributed by atoms with Crippen LogP contribution in [0.5, 0.6) is 0 Å². The first kappa shape index (κ1) is 38.2. The van der Waals surface area contributed by atoms with Crippen molar-refractivity contribution >= 4 is 35.4 Å². The van der Waals surface area contributed by atoms with E-state index in [1.165, 1.54) is 17.5 Å². The van der Waals surface area contributed by atoms with Gasteiger partial charge in [-0.1, -0.05) is 95.2 Å². The standard InChI is InChI=1S/2C11H14N2.C10H13N3.C9H11N3O/c2*1-11(2,3)10-12-7-8-5-4-6-9(8)13-10;1-10(2,3)9-12-6-7-4-5-11-8(7)13-9;1-9(2,3)8-10-4-6-7(12-8)11-5-13-6/h2*4,6-7H,5H2,1-3H3;5-6H,4H2,1-3H3;4-5H,1-3H3. The Labute approximate surface area is 307 Å². The fraction of sp³-hybridized carbons (Fsp3) is 0.463. The predicted molar refractivity (Wildman–Crippen MR) is 208 cm³/mol. The summed E-state index contributed by atoms with van der Waals surface area (Å²) in [7, 11) is 0. The molecule has 5 aromatic rings. The molecule has 0 atom stereocenters. The maximum Gasteiger partial charge on any atom is 0.201 e. The summed E-state index contributed by atoms with van der Waals surface area (Å²) in [6.07, 6.45) is 22.0. The molecule has 0 amide bonds. The Morgan fingerprint density at radius 2 is 0.923 bits per heavy atom. The van der Waals surface area contributed by atoms with E-state index in [-0.39, 0.29) is 21.7 Å². The molecule has 11 heteroatoms. The second-order valence-corrected chi connectivity index (χ2v) is 17.2. The van der Waals surface area contributed by atoms with Crippen LogP contribution in [0.1, 0.15) is 134 Å². The monoisotopic (exact) mass is 700 g/mol. The molecule has 0 fully saturated rings. The molecule has 5 aromatic heterocycles. The number of nitrogens with zero attached hydrogens (tertiary/aromatic N) is 10. The quantitative estimate of drug-likeness (QED) is 0.154. The van der Waals surface area contributed by atoms with Crippen molar-refractivity contribution in [1.29, 1.82) is 0 Å². The van der Waals surface area contributed by atoms with E-state index in [2.05, 4.69) is 157 Å². The summed E-state index contributed by atoms with van der Waals surface area (Å²) >= 11 is 0. The molecule has 2 aliphatic carbocycles. The van der Waals surface area contributed by atoms with Crippen LogP contribution in [0.3, 0.4) is 0 Å². The third-order valence-corrected chi connectivity index (χ3v) is 8.16. The van der Waals surface area contributed by atoms with Crippen LogP contribution in [0.4, 0.5) is 5.82 Å². The molecule has 8 rings (SSSR count). The molecule has 6 heterocycles. The molecular formula is C41H52N10O. The number of fused-ring (bicyclic) bond motifs is 4. The van der Waals surface area contributed by atoms with Gasteiger partial charge in [0.1, 0.15) is 23.3 Å². The van der Waals surface area contributed by atoms with Crippen molar-refractivity contribution in [3.63, 3.8) is 0 Å². The Bertz CT molecular complexity index is 1940. The van der Waals surface area contributed by atoms with Gasteiger partial charge in [0.2, 0.25) is 5.65 Å². The average molecular weight is 701 g/mol. The molecule has 0 radical (unpaired) electrons. The maximum atomic E-state index is 5.05. The van der Waals surface area contributed by atoms with E-state index in [4.69, 9.17) is 4.42 Å². The Kier molecular flexibility index (Phi) is 10.9. The fourth-order valence-electron chi connectivity index (χ4n) is 5.04. The normalized spacial score (nSPS) is 14.1. The highest BCUT2D eigenvalue weighted by Gasteiger charge is 2.22. The van der Waals surface area contributed by atoms with E-state index >= 15 is 0 Å². The maximum absolute atomic E-state index is 5.05.